The van der Waals surface area contributed by atoms with Crippen molar-refractivity contribution in [1.82, 2.24) is 4.98 Å². The number of esters is 1. The third-order valence-electron chi connectivity index (χ3n) is 3.61. The van der Waals surface area contributed by atoms with Crippen LogP contribution in [-0.2, 0) is 4.74 Å². The van der Waals surface area contributed by atoms with Gasteiger partial charge in [-0.15, -0.1) is 11.3 Å². The Balaban J connectivity index is 1.65. The smallest absolute Gasteiger partial charge is 0.358 e. The molecule has 2 atom stereocenters. The van der Waals surface area contributed by atoms with Crippen molar-refractivity contribution in [3.05, 3.63) is 29.5 Å². The molecule has 1 aliphatic rings. The third kappa shape index (κ3) is 2.93. The van der Waals surface area contributed by atoms with Gasteiger partial charge in [-0.3, -0.25) is 0 Å². The summed E-state index contributed by atoms with van der Waals surface area (Å²) in [5, 5.41) is 2.44. The standard InChI is InChI=1S/C15H17NO3S/c1-10-4-2-5-11(8-10)19-15(17)12-9-20-14(16-12)13-6-3-7-18-13/h3,6-7,9-11H,2,4-5,8H2,1H3. The first-order valence-electron chi connectivity index (χ1n) is 6.93. The molecule has 1 aliphatic carbocycles. The summed E-state index contributed by atoms with van der Waals surface area (Å²) in [5.41, 5.74) is 0.375. The lowest BCUT2D eigenvalue weighted by molar-refractivity contribution is 0.0149. The van der Waals surface area contributed by atoms with Gasteiger partial charge >= 0.3 is 5.97 Å². The molecule has 0 amide bonds. The molecule has 5 heteroatoms. The van der Waals surface area contributed by atoms with Crippen molar-refractivity contribution >= 4 is 17.3 Å². The molecule has 0 saturated heterocycles. The Morgan fingerprint density at radius 2 is 2.40 bits per heavy atom. The number of hydrogen-bond donors (Lipinski definition) is 0. The molecule has 2 aromatic rings. The molecular weight excluding hydrogens is 274 g/mol. The minimum atomic E-state index is -0.321. The van der Waals surface area contributed by atoms with Gasteiger partial charge in [0, 0.05) is 5.38 Å². The predicted octanol–water partition coefficient (Wildman–Crippen LogP) is 4.14. The molecule has 4 nitrogen and oxygen atoms in total. The summed E-state index contributed by atoms with van der Waals surface area (Å²) in [6.45, 7) is 2.21. The molecule has 3 rings (SSSR count). The quantitative estimate of drug-likeness (QED) is 0.798. The predicted molar refractivity (Wildman–Crippen MR) is 76.7 cm³/mol. The Morgan fingerprint density at radius 1 is 1.50 bits per heavy atom. The molecule has 0 bridgehead atoms. The van der Waals surface area contributed by atoms with Gasteiger partial charge in [-0.2, -0.15) is 0 Å². The van der Waals surface area contributed by atoms with E-state index in [0.717, 1.165) is 19.3 Å². The first-order chi connectivity index (χ1) is 9.72. The molecule has 106 valence electrons. The van der Waals surface area contributed by atoms with Crippen LogP contribution in [0.1, 0.15) is 43.1 Å². The number of thiazole rings is 1. The number of aromatic nitrogens is 1. The fourth-order valence-corrected chi connectivity index (χ4v) is 3.33. The SMILES string of the molecule is CC1CCCC(OC(=O)c2csc(-c3ccco3)n2)C1. The lowest BCUT2D eigenvalue weighted by Crippen LogP contribution is -2.24. The van der Waals surface area contributed by atoms with Crippen LogP contribution in [0.2, 0.25) is 0 Å². The third-order valence-corrected chi connectivity index (χ3v) is 4.46. The van der Waals surface area contributed by atoms with E-state index in [0.29, 0.717) is 22.4 Å². The molecule has 0 radical (unpaired) electrons. The van der Waals surface area contributed by atoms with E-state index in [1.54, 1.807) is 17.7 Å². The van der Waals surface area contributed by atoms with Crippen LogP contribution < -0.4 is 0 Å². The molecule has 0 spiro atoms. The Bertz CT molecular complexity index is 576. The molecule has 2 aromatic heterocycles. The van der Waals surface area contributed by atoms with E-state index >= 15 is 0 Å². The first kappa shape index (κ1) is 13.4. The number of carbonyl (C=O) groups is 1. The van der Waals surface area contributed by atoms with Crippen molar-refractivity contribution in [3.8, 4) is 10.8 Å². The van der Waals surface area contributed by atoms with Gasteiger partial charge in [0.15, 0.2) is 16.5 Å². The van der Waals surface area contributed by atoms with E-state index in [2.05, 4.69) is 11.9 Å². The maximum Gasteiger partial charge on any atom is 0.358 e. The summed E-state index contributed by atoms with van der Waals surface area (Å²) in [5.74, 6) is 0.995. The number of ether oxygens (including phenoxy) is 1. The topological polar surface area (TPSA) is 52.3 Å². The van der Waals surface area contributed by atoms with Crippen LogP contribution in [-0.4, -0.2) is 17.1 Å². The second-order valence-corrected chi connectivity index (χ2v) is 6.17. The maximum absolute atomic E-state index is 12.1. The lowest BCUT2D eigenvalue weighted by Gasteiger charge is -2.26. The molecule has 0 aliphatic heterocycles. The largest absolute Gasteiger partial charge is 0.462 e. The molecule has 1 saturated carbocycles. The number of furan rings is 1. The van der Waals surface area contributed by atoms with Crippen LogP contribution in [0.15, 0.2) is 28.2 Å². The highest BCUT2D eigenvalue weighted by molar-refractivity contribution is 7.13. The molecule has 0 aromatic carbocycles. The van der Waals surface area contributed by atoms with E-state index in [-0.39, 0.29) is 12.1 Å². The maximum atomic E-state index is 12.1. The van der Waals surface area contributed by atoms with Gasteiger partial charge in [0.2, 0.25) is 0 Å². The highest BCUT2D eigenvalue weighted by Crippen LogP contribution is 2.28. The van der Waals surface area contributed by atoms with Gasteiger partial charge in [0.25, 0.3) is 0 Å². The van der Waals surface area contributed by atoms with Gasteiger partial charge in [-0.25, -0.2) is 9.78 Å². The summed E-state index contributed by atoms with van der Waals surface area (Å²) < 4.78 is 10.8. The van der Waals surface area contributed by atoms with E-state index in [9.17, 15) is 4.79 Å². The van der Waals surface area contributed by atoms with Crippen molar-refractivity contribution in [2.24, 2.45) is 5.92 Å². The summed E-state index contributed by atoms with van der Waals surface area (Å²) in [6, 6.07) is 3.63. The van der Waals surface area contributed by atoms with Gasteiger partial charge in [0.1, 0.15) is 6.10 Å². The van der Waals surface area contributed by atoms with E-state index < -0.39 is 0 Å². The molecule has 20 heavy (non-hydrogen) atoms. The fourth-order valence-electron chi connectivity index (χ4n) is 2.58. The van der Waals surface area contributed by atoms with Crippen LogP contribution in [0.25, 0.3) is 10.8 Å². The molecule has 2 unspecified atom stereocenters. The van der Waals surface area contributed by atoms with Crippen LogP contribution in [0.3, 0.4) is 0 Å². The van der Waals surface area contributed by atoms with Crippen molar-refractivity contribution in [2.45, 2.75) is 38.7 Å². The Labute approximate surface area is 121 Å². The second kappa shape index (κ2) is 5.79. The molecule has 0 N–H and O–H groups in total. The number of nitrogens with zero attached hydrogens (tertiary/aromatic N) is 1. The number of carbonyl (C=O) groups excluding carboxylic acids is 1. The highest BCUT2D eigenvalue weighted by atomic mass is 32.1. The Morgan fingerprint density at radius 3 is 3.15 bits per heavy atom. The van der Waals surface area contributed by atoms with E-state index in [4.69, 9.17) is 9.15 Å². The zero-order valence-electron chi connectivity index (χ0n) is 11.4. The molecular formula is C15H17NO3S. The van der Waals surface area contributed by atoms with Crippen molar-refractivity contribution in [1.29, 1.82) is 0 Å². The summed E-state index contributed by atoms with van der Waals surface area (Å²) in [7, 11) is 0. The molecule has 1 fully saturated rings. The highest BCUT2D eigenvalue weighted by Gasteiger charge is 2.24. The zero-order chi connectivity index (χ0) is 13.9. The minimum Gasteiger partial charge on any atom is -0.462 e. The number of hydrogen-bond acceptors (Lipinski definition) is 5. The monoisotopic (exact) mass is 291 g/mol. The summed E-state index contributed by atoms with van der Waals surface area (Å²) in [6.07, 6.45) is 5.92. The average Bonchev–Trinajstić information content (AvgIpc) is 3.10. The fraction of sp³-hybridized carbons (Fsp3) is 0.467. The number of rotatable bonds is 3. The van der Waals surface area contributed by atoms with E-state index in [1.165, 1.54) is 17.8 Å². The average molecular weight is 291 g/mol. The van der Waals surface area contributed by atoms with Crippen molar-refractivity contribution in [3.63, 3.8) is 0 Å². The lowest BCUT2D eigenvalue weighted by atomic mass is 9.89. The van der Waals surface area contributed by atoms with Crippen molar-refractivity contribution in [2.75, 3.05) is 0 Å². The van der Waals surface area contributed by atoms with Crippen LogP contribution in [0.5, 0.6) is 0 Å². The summed E-state index contributed by atoms with van der Waals surface area (Å²) in [4.78, 5) is 16.4. The van der Waals surface area contributed by atoms with Crippen LogP contribution in [0.4, 0.5) is 0 Å². The normalized spacial score (nSPS) is 22.6. The first-order valence-corrected chi connectivity index (χ1v) is 7.80. The summed E-state index contributed by atoms with van der Waals surface area (Å²) >= 11 is 1.39. The van der Waals surface area contributed by atoms with Gasteiger partial charge in [-0.05, 0) is 37.3 Å². The van der Waals surface area contributed by atoms with Gasteiger partial charge < -0.3 is 9.15 Å². The second-order valence-electron chi connectivity index (χ2n) is 5.31. The van der Waals surface area contributed by atoms with Gasteiger partial charge in [0.05, 0.1) is 6.26 Å². The van der Waals surface area contributed by atoms with Crippen LogP contribution in [0, 0.1) is 5.92 Å². The zero-order valence-corrected chi connectivity index (χ0v) is 12.2. The van der Waals surface area contributed by atoms with Crippen molar-refractivity contribution < 1.29 is 13.9 Å². The van der Waals surface area contributed by atoms with E-state index in [1.807, 2.05) is 6.07 Å². The Hall–Kier alpha value is -1.62. The molecule has 2 heterocycles. The van der Waals surface area contributed by atoms with Gasteiger partial charge in [-0.1, -0.05) is 13.3 Å². The Kier molecular flexibility index (Phi) is 3.87. The minimum absolute atomic E-state index is 0.0417. The van der Waals surface area contributed by atoms with Crippen LogP contribution >= 0.6 is 11.3 Å².